The first-order valence-electron chi connectivity index (χ1n) is 8.91. The van der Waals surface area contributed by atoms with Crippen LogP contribution < -0.4 is 10.1 Å². The third-order valence-electron chi connectivity index (χ3n) is 4.47. The molecule has 0 N–H and O–H groups in total. The molecule has 5 rings (SSSR count). The molecule has 2 aromatic carbocycles. The zero-order chi connectivity index (χ0) is 20.0. The van der Waals surface area contributed by atoms with E-state index in [-0.39, 0.29) is 5.56 Å². The minimum Gasteiger partial charge on any atom is -0.457 e. The summed E-state index contributed by atoms with van der Waals surface area (Å²) in [6, 6.07) is 19.0. The molecule has 7 heteroatoms. The Morgan fingerprint density at radius 2 is 1.90 bits per heavy atom. The molecule has 0 saturated carbocycles. The van der Waals surface area contributed by atoms with Crippen LogP contribution in [0.1, 0.15) is 11.3 Å². The maximum absolute atomic E-state index is 12.7. The van der Waals surface area contributed by atoms with Gasteiger partial charge in [0.2, 0.25) is 4.96 Å². The van der Waals surface area contributed by atoms with Gasteiger partial charge in [0.25, 0.3) is 5.56 Å². The van der Waals surface area contributed by atoms with E-state index in [1.54, 1.807) is 6.08 Å². The van der Waals surface area contributed by atoms with Gasteiger partial charge in [0.15, 0.2) is 5.82 Å². The topological polar surface area (TPSA) is 60.4 Å². The minimum absolute atomic E-state index is 0.211. The number of thiazole rings is 1. The number of rotatable bonds is 3. The highest BCUT2D eigenvalue weighted by Crippen LogP contribution is 2.25. The van der Waals surface area contributed by atoms with Crippen LogP contribution in [0.4, 0.5) is 0 Å². The molecule has 0 fully saturated rings. The Kier molecular flexibility index (Phi) is 4.30. The Bertz CT molecular complexity index is 1470. The van der Waals surface area contributed by atoms with Crippen molar-refractivity contribution in [3.63, 3.8) is 0 Å². The fourth-order valence-corrected chi connectivity index (χ4v) is 4.17. The Morgan fingerprint density at radius 3 is 2.69 bits per heavy atom. The van der Waals surface area contributed by atoms with Gasteiger partial charge < -0.3 is 4.42 Å². The van der Waals surface area contributed by atoms with Gasteiger partial charge in [0, 0.05) is 22.2 Å². The van der Waals surface area contributed by atoms with Gasteiger partial charge >= 0.3 is 0 Å². The lowest BCUT2D eigenvalue weighted by Crippen LogP contribution is -2.23. The van der Waals surface area contributed by atoms with E-state index in [0.29, 0.717) is 31.9 Å². The summed E-state index contributed by atoms with van der Waals surface area (Å²) < 4.78 is 7.72. The van der Waals surface area contributed by atoms with Crippen molar-refractivity contribution in [3.8, 4) is 22.7 Å². The van der Waals surface area contributed by atoms with Crippen LogP contribution in [0.25, 0.3) is 33.7 Å². The first-order chi connectivity index (χ1) is 14.1. The maximum atomic E-state index is 12.7. The molecule has 5 aromatic rings. The van der Waals surface area contributed by atoms with Crippen LogP contribution >= 0.6 is 22.9 Å². The van der Waals surface area contributed by atoms with E-state index in [9.17, 15) is 4.79 Å². The van der Waals surface area contributed by atoms with E-state index in [4.69, 9.17) is 16.0 Å². The van der Waals surface area contributed by atoms with Crippen LogP contribution in [0, 0.1) is 6.92 Å². The highest BCUT2D eigenvalue weighted by atomic mass is 35.5. The summed E-state index contributed by atoms with van der Waals surface area (Å²) in [6.07, 6.45) is 1.71. The predicted octanol–water partition coefficient (Wildman–Crippen LogP) is 4.59. The Hall–Kier alpha value is -3.22. The lowest BCUT2D eigenvalue weighted by atomic mass is 10.1. The minimum atomic E-state index is -0.211. The molecule has 0 radical (unpaired) electrons. The fraction of sp³-hybridized carbons (Fsp3) is 0.0455. The highest BCUT2D eigenvalue weighted by Gasteiger charge is 2.12. The molecule has 0 amide bonds. The summed E-state index contributed by atoms with van der Waals surface area (Å²) >= 11 is 7.33. The van der Waals surface area contributed by atoms with Crippen molar-refractivity contribution in [2.45, 2.75) is 6.92 Å². The van der Waals surface area contributed by atoms with Gasteiger partial charge in [-0.05, 0) is 37.3 Å². The van der Waals surface area contributed by atoms with Crippen molar-refractivity contribution >= 4 is 34.0 Å². The molecular formula is C22H14ClN3O2S. The molecule has 5 nitrogen and oxygen atoms in total. The third kappa shape index (κ3) is 3.37. The summed E-state index contributed by atoms with van der Waals surface area (Å²) in [7, 11) is 0. The molecule has 142 valence electrons. The average molecular weight is 420 g/mol. The Labute approximate surface area is 174 Å². The second-order valence-corrected chi connectivity index (χ2v) is 8.07. The number of nitrogens with zero attached hydrogens (tertiary/aromatic N) is 3. The molecule has 0 aliphatic carbocycles. The Morgan fingerprint density at radius 1 is 1.07 bits per heavy atom. The molecule has 0 bridgehead atoms. The third-order valence-corrected chi connectivity index (χ3v) is 5.66. The van der Waals surface area contributed by atoms with Crippen LogP contribution in [0.2, 0.25) is 5.02 Å². The van der Waals surface area contributed by atoms with E-state index in [2.05, 4.69) is 10.1 Å². The van der Waals surface area contributed by atoms with Gasteiger partial charge in [-0.25, -0.2) is 0 Å². The van der Waals surface area contributed by atoms with Crippen molar-refractivity contribution in [2.75, 3.05) is 0 Å². The predicted molar refractivity (Wildman–Crippen MR) is 115 cm³/mol. The molecule has 29 heavy (non-hydrogen) atoms. The largest absolute Gasteiger partial charge is 0.457 e. The van der Waals surface area contributed by atoms with E-state index in [1.807, 2.05) is 67.6 Å². The second-order valence-electron chi connectivity index (χ2n) is 6.63. The van der Waals surface area contributed by atoms with Gasteiger partial charge in [-0.3, -0.25) is 4.79 Å². The van der Waals surface area contributed by atoms with Gasteiger partial charge in [0.05, 0.1) is 0 Å². The van der Waals surface area contributed by atoms with Crippen LogP contribution in [0.3, 0.4) is 0 Å². The molecule has 0 atom stereocenters. The number of aryl methyl sites for hydroxylation is 1. The summed E-state index contributed by atoms with van der Waals surface area (Å²) in [5, 5.41) is 5.03. The summed E-state index contributed by atoms with van der Waals surface area (Å²) in [6.45, 7) is 2.01. The van der Waals surface area contributed by atoms with Crippen molar-refractivity contribution in [1.29, 1.82) is 0 Å². The van der Waals surface area contributed by atoms with Crippen molar-refractivity contribution in [1.82, 2.24) is 14.6 Å². The summed E-state index contributed by atoms with van der Waals surface area (Å²) in [5.74, 6) is 1.82. The summed E-state index contributed by atoms with van der Waals surface area (Å²) in [4.78, 5) is 17.8. The molecule has 0 spiro atoms. The first-order valence-corrected chi connectivity index (χ1v) is 10.1. The number of hydrogen-bond acceptors (Lipinski definition) is 5. The SMILES string of the molecule is Cc1cccc(-c2nc3sc(=Cc4ccc(-c5cccc(Cl)c5)o4)c(=O)n3n2)c1. The Balaban J connectivity index is 1.53. The zero-order valence-electron chi connectivity index (χ0n) is 15.3. The van der Waals surface area contributed by atoms with Gasteiger partial charge in [-0.2, -0.15) is 9.50 Å². The molecule has 3 aromatic heterocycles. The van der Waals surface area contributed by atoms with Gasteiger partial charge in [-0.1, -0.05) is 58.8 Å². The number of fused-ring (bicyclic) bond motifs is 1. The van der Waals surface area contributed by atoms with E-state index in [0.717, 1.165) is 16.7 Å². The summed E-state index contributed by atoms with van der Waals surface area (Å²) in [5.41, 5.74) is 2.68. The quantitative estimate of drug-likeness (QED) is 0.429. The van der Waals surface area contributed by atoms with Crippen LogP contribution in [0.5, 0.6) is 0 Å². The fourth-order valence-electron chi connectivity index (χ4n) is 3.10. The normalized spacial score (nSPS) is 12.1. The van der Waals surface area contributed by atoms with Gasteiger partial charge in [-0.15, -0.1) is 5.10 Å². The van der Waals surface area contributed by atoms with Gasteiger partial charge in [0.1, 0.15) is 16.1 Å². The maximum Gasteiger partial charge on any atom is 0.291 e. The van der Waals surface area contributed by atoms with Crippen molar-refractivity contribution < 1.29 is 4.42 Å². The number of aromatic nitrogens is 3. The molecule has 3 heterocycles. The van der Waals surface area contributed by atoms with E-state index < -0.39 is 0 Å². The van der Waals surface area contributed by atoms with E-state index in [1.165, 1.54) is 15.9 Å². The van der Waals surface area contributed by atoms with Crippen LogP contribution in [-0.2, 0) is 0 Å². The lowest BCUT2D eigenvalue weighted by Gasteiger charge is -1.96. The standard InChI is InChI=1S/C22H14ClN3O2S/c1-13-4-2-6-15(10-13)20-24-22-26(25-20)21(27)19(29-22)12-17-8-9-18(28-17)14-5-3-7-16(23)11-14/h2-12H,1H3. The molecule has 0 unspecified atom stereocenters. The van der Waals surface area contributed by atoms with Crippen LogP contribution in [-0.4, -0.2) is 14.6 Å². The lowest BCUT2D eigenvalue weighted by molar-refractivity contribution is 0.571. The van der Waals surface area contributed by atoms with Crippen molar-refractivity contribution in [2.24, 2.45) is 0 Å². The van der Waals surface area contributed by atoms with E-state index >= 15 is 0 Å². The average Bonchev–Trinajstić information content (AvgIpc) is 3.40. The highest BCUT2D eigenvalue weighted by molar-refractivity contribution is 7.15. The number of halogens is 1. The number of benzene rings is 2. The monoisotopic (exact) mass is 419 g/mol. The molecule has 0 aliphatic rings. The first kappa shape index (κ1) is 17.8. The molecule has 0 aliphatic heterocycles. The number of hydrogen-bond donors (Lipinski definition) is 0. The second kappa shape index (κ2) is 6.99. The molecule has 0 saturated heterocycles. The number of furan rings is 1. The van der Waals surface area contributed by atoms with Crippen LogP contribution in [0.15, 0.2) is 69.9 Å². The smallest absolute Gasteiger partial charge is 0.291 e. The van der Waals surface area contributed by atoms with Crippen molar-refractivity contribution in [3.05, 3.63) is 91.9 Å². The zero-order valence-corrected chi connectivity index (χ0v) is 16.9. The molecular weight excluding hydrogens is 406 g/mol.